The number of H-pyrrole nitrogens is 1. The molecule has 2 heterocycles. The second-order valence-electron chi connectivity index (χ2n) is 8.83. The van der Waals surface area contributed by atoms with Gasteiger partial charge >= 0.3 is 0 Å². The number of hydrogen-bond acceptors (Lipinski definition) is 6. The van der Waals surface area contributed by atoms with E-state index in [2.05, 4.69) is 15.3 Å². The molecule has 0 radical (unpaired) electrons. The lowest BCUT2D eigenvalue weighted by molar-refractivity contribution is 0.0952. The minimum absolute atomic E-state index is 0.0336. The van der Waals surface area contributed by atoms with E-state index in [-0.39, 0.29) is 33.7 Å². The predicted molar refractivity (Wildman–Crippen MR) is 150 cm³/mol. The van der Waals surface area contributed by atoms with Crippen molar-refractivity contribution in [3.05, 3.63) is 94.2 Å². The molecule has 0 atom stereocenters. The van der Waals surface area contributed by atoms with Gasteiger partial charge in [0.2, 0.25) is 0 Å². The van der Waals surface area contributed by atoms with E-state index in [1.807, 2.05) is 13.0 Å². The molecule has 2 N–H and O–H groups in total. The van der Waals surface area contributed by atoms with Gasteiger partial charge < -0.3 is 15.0 Å². The lowest BCUT2D eigenvalue weighted by Gasteiger charge is -2.14. The number of ether oxygens (including phenoxy) is 1. The van der Waals surface area contributed by atoms with Crippen LogP contribution in [0.3, 0.4) is 0 Å². The Morgan fingerprint density at radius 2 is 1.95 bits per heavy atom. The predicted octanol–water partition coefficient (Wildman–Crippen LogP) is 5.13. The number of fused-ring (bicyclic) bond motifs is 2. The standard InChI is InChI=1S/C29H25FN4O4S/c1-3-11-31-27(36)17-7-9-21-25(12-17)33-29(34(28(21)37)19-6-4-5-18(30)13-19)39-16-26(35)23-15-32-24-10-8-20(38-2)14-22(23)24/h4-10,12-15,32H,3,11,16H2,1-2H3,(H,31,36). The van der Waals surface area contributed by atoms with E-state index in [0.717, 1.165) is 29.1 Å². The summed E-state index contributed by atoms with van der Waals surface area (Å²) >= 11 is 1.06. The molecule has 198 valence electrons. The molecule has 5 rings (SSSR count). The number of ketones is 1. The van der Waals surface area contributed by atoms with Crippen molar-refractivity contribution in [3.63, 3.8) is 0 Å². The Balaban J connectivity index is 1.55. The molecule has 10 heteroatoms. The maximum Gasteiger partial charge on any atom is 0.266 e. The first-order chi connectivity index (χ1) is 18.9. The van der Waals surface area contributed by atoms with Crippen molar-refractivity contribution in [1.29, 1.82) is 0 Å². The molecule has 8 nitrogen and oxygen atoms in total. The molecule has 0 fully saturated rings. The van der Waals surface area contributed by atoms with Crippen LogP contribution in [0.4, 0.5) is 4.39 Å². The number of thioether (sulfide) groups is 1. The van der Waals surface area contributed by atoms with E-state index in [1.54, 1.807) is 49.7 Å². The van der Waals surface area contributed by atoms with Crippen LogP contribution in [0.5, 0.6) is 5.75 Å². The summed E-state index contributed by atoms with van der Waals surface area (Å²) in [6, 6.07) is 15.7. The van der Waals surface area contributed by atoms with Crippen LogP contribution in [0.25, 0.3) is 27.5 Å². The number of aromatic nitrogens is 3. The van der Waals surface area contributed by atoms with Gasteiger partial charge in [0.25, 0.3) is 11.5 Å². The normalized spacial score (nSPS) is 11.2. The Labute approximate surface area is 227 Å². The minimum Gasteiger partial charge on any atom is -0.497 e. The molecule has 0 bridgehead atoms. The number of rotatable bonds is 9. The molecule has 1 amide bonds. The first-order valence-electron chi connectivity index (χ1n) is 12.3. The Morgan fingerprint density at radius 1 is 1.10 bits per heavy atom. The fourth-order valence-corrected chi connectivity index (χ4v) is 5.15. The summed E-state index contributed by atoms with van der Waals surface area (Å²) in [5.41, 5.74) is 1.80. The largest absolute Gasteiger partial charge is 0.497 e. The number of hydrogen-bond donors (Lipinski definition) is 2. The fraction of sp³-hybridized carbons (Fsp3) is 0.172. The molecule has 39 heavy (non-hydrogen) atoms. The number of methoxy groups -OCH3 is 1. The molecule has 0 saturated heterocycles. The third-order valence-electron chi connectivity index (χ3n) is 6.22. The number of benzene rings is 3. The second-order valence-corrected chi connectivity index (χ2v) is 9.77. The molecule has 0 aliphatic rings. The maximum atomic E-state index is 14.1. The van der Waals surface area contributed by atoms with Crippen molar-refractivity contribution < 1.29 is 18.7 Å². The fourth-order valence-electron chi connectivity index (χ4n) is 4.25. The monoisotopic (exact) mass is 544 g/mol. The molecule has 0 saturated carbocycles. The van der Waals surface area contributed by atoms with Gasteiger partial charge in [0.15, 0.2) is 10.9 Å². The smallest absolute Gasteiger partial charge is 0.266 e. The van der Waals surface area contributed by atoms with Gasteiger partial charge in [-0.3, -0.25) is 19.0 Å². The quantitative estimate of drug-likeness (QED) is 0.151. The van der Waals surface area contributed by atoms with Crippen LogP contribution < -0.4 is 15.6 Å². The third-order valence-corrected chi connectivity index (χ3v) is 7.16. The van der Waals surface area contributed by atoms with E-state index in [0.29, 0.717) is 28.9 Å². The highest BCUT2D eigenvalue weighted by Crippen LogP contribution is 2.27. The van der Waals surface area contributed by atoms with Crippen LogP contribution in [0, 0.1) is 5.82 Å². The second kappa shape index (κ2) is 11.1. The van der Waals surface area contributed by atoms with Gasteiger partial charge in [-0.15, -0.1) is 0 Å². The summed E-state index contributed by atoms with van der Waals surface area (Å²) in [5.74, 6) is -0.379. The van der Waals surface area contributed by atoms with Crippen LogP contribution in [0.15, 0.2) is 76.8 Å². The summed E-state index contributed by atoms with van der Waals surface area (Å²) < 4.78 is 20.7. The van der Waals surface area contributed by atoms with Crippen molar-refractivity contribution in [2.75, 3.05) is 19.4 Å². The topological polar surface area (TPSA) is 106 Å². The summed E-state index contributed by atoms with van der Waals surface area (Å²) in [4.78, 5) is 47.2. The van der Waals surface area contributed by atoms with Crippen molar-refractivity contribution in [2.24, 2.45) is 0 Å². The van der Waals surface area contributed by atoms with Gasteiger partial charge in [-0.05, 0) is 61.0 Å². The molecule has 5 aromatic rings. The zero-order valence-corrected chi connectivity index (χ0v) is 22.1. The number of nitrogens with zero attached hydrogens (tertiary/aromatic N) is 2. The van der Waals surface area contributed by atoms with E-state index in [1.165, 1.54) is 22.8 Å². The van der Waals surface area contributed by atoms with Crippen LogP contribution >= 0.6 is 11.8 Å². The lowest BCUT2D eigenvalue weighted by atomic mass is 10.1. The van der Waals surface area contributed by atoms with Gasteiger partial charge in [-0.25, -0.2) is 9.37 Å². The summed E-state index contributed by atoms with van der Waals surface area (Å²) in [6.07, 6.45) is 2.43. The average Bonchev–Trinajstić information content (AvgIpc) is 3.37. The molecule has 2 aromatic heterocycles. The zero-order valence-electron chi connectivity index (χ0n) is 21.3. The van der Waals surface area contributed by atoms with E-state index in [4.69, 9.17) is 4.74 Å². The van der Waals surface area contributed by atoms with Crippen LogP contribution in [-0.4, -0.2) is 45.6 Å². The SMILES string of the molecule is CCCNC(=O)c1ccc2c(=O)n(-c3cccc(F)c3)c(SCC(=O)c3c[nH]c4ccc(OC)cc34)nc2c1. The minimum atomic E-state index is -0.512. The highest BCUT2D eigenvalue weighted by atomic mass is 32.2. The number of aromatic amines is 1. The van der Waals surface area contributed by atoms with Crippen molar-refractivity contribution in [1.82, 2.24) is 19.9 Å². The number of nitrogens with one attached hydrogen (secondary N) is 2. The highest BCUT2D eigenvalue weighted by molar-refractivity contribution is 7.99. The summed E-state index contributed by atoms with van der Waals surface area (Å²) in [6.45, 7) is 2.48. The average molecular weight is 545 g/mol. The van der Waals surface area contributed by atoms with E-state index in [9.17, 15) is 18.8 Å². The number of carbonyl (C=O) groups excluding carboxylic acids is 2. The lowest BCUT2D eigenvalue weighted by Crippen LogP contribution is -2.25. The number of halogens is 1. The molecular formula is C29H25FN4O4S. The number of Topliss-reactive ketones (excluding diaryl/α,β-unsaturated/α-hetero) is 1. The molecule has 0 aliphatic heterocycles. The zero-order chi connectivity index (χ0) is 27.5. The van der Waals surface area contributed by atoms with Crippen molar-refractivity contribution in [2.45, 2.75) is 18.5 Å². The number of amides is 1. The highest BCUT2D eigenvalue weighted by Gasteiger charge is 2.19. The molecule has 0 aliphatic carbocycles. The van der Waals surface area contributed by atoms with E-state index >= 15 is 0 Å². The Morgan fingerprint density at radius 3 is 2.72 bits per heavy atom. The van der Waals surface area contributed by atoms with Crippen LogP contribution in [0.2, 0.25) is 0 Å². The summed E-state index contributed by atoms with van der Waals surface area (Å²) in [5, 5.41) is 4.00. The Hall–Kier alpha value is -4.44. The Bertz CT molecular complexity index is 1780. The van der Waals surface area contributed by atoms with Crippen molar-refractivity contribution in [3.8, 4) is 11.4 Å². The van der Waals surface area contributed by atoms with Crippen molar-refractivity contribution >= 4 is 45.3 Å². The first-order valence-corrected chi connectivity index (χ1v) is 13.3. The van der Waals surface area contributed by atoms with Crippen LogP contribution in [0.1, 0.15) is 34.1 Å². The van der Waals surface area contributed by atoms with Gasteiger partial charge in [0, 0.05) is 34.8 Å². The maximum absolute atomic E-state index is 14.1. The summed E-state index contributed by atoms with van der Waals surface area (Å²) in [7, 11) is 1.56. The Kier molecular flexibility index (Phi) is 7.47. The van der Waals surface area contributed by atoms with Gasteiger partial charge in [0.05, 0.1) is 29.5 Å². The van der Waals surface area contributed by atoms with E-state index < -0.39 is 11.4 Å². The molecule has 0 spiro atoms. The van der Waals surface area contributed by atoms with Gasteiger partial charge in [-0.2, -0.15) is 0 Å². The van der Waals surface area contributed by atoms with Gasteiger partial charge in [-0.1, -0.05) is 24.8 Å². The molecule has 3 aromatic carbocycles. The third kappa shape index (κ3) is 5.28. The van der Waals surface area contributed by atoms with Crippen LogP contribution in [-0.2, 0) is 0 Å². The molecule has 0 unspecified atom stereocenters. The first kappa shape index (κ1) is 26.2. The van der Waals surface area contributed by atoms with Gasteiger partial charge in [0.1, 0.15) is 11.6 Å². The molecular weight excluding hydrogens is 519 g/mol. The number of carbonyl (C=O) groups is 2.